The fraction of sp³-hybridized carbons (Fsp3) is 0.250. The van der Waals surface area contributed by atoms with Gasteiger partial charge < -0.3 is 14.5 Å². The number of fused-ring (bicyclic) bond motifs is 1. The number of carbonyl (C=O) groups is 1. The van der Waals surface area contributed by atoms with E-state index in [-0.39, 0.29) is 5.91 Å². The standard InChI is InChI=1S/C20H21NO3/c1-12(2)14-5-7-15(8-6-14)21-20(22)19-13(3)17-11-16(23-4)9-10-18(17)24-19/h5-12H,1-4H3,(H,21,22). The summed E-state index contributed by atoms with van der Waals surface area (Å²) in [5.74, 6) is 1.27. The minimum Gasteiger partial charge on any atom is -0.497 e. The van der Waals surface area contributed by atoms with Crippen molar-refractivity contribution in [3.05, 3.63) is 59.4 Å². The summed E-state index contributed by atoms with van der Waals surface area (Å²) in [7, 11) is 1.62. The zero-order chi connectivity index (χ0) is 17.3. The highest BCUT2D eigenvalue weighted by Crippen LogP contribution is 2.29. The molecule has 24 heavy (non-hydrogen) atoms. The average molecular weight is 323 g/mol. The highest BCUT2D eigenvalue weighted by atomic mass is 16.5. The molecule has 0 fully saturated rings. The molecular formula is C20H21NO3. The van der Waals surface area contributed by atoms with E-state index in [9.17, 15) is 4.79 Å². The van der Waals surface area contributed by atoms with Gasteiger partial charge in [0.2, 0.25) is 0 Å². The Morgan fingerprint density at radius 2 is 1.83 bits per heavy atom. The molecule has 4 nitrogen and oxygen atoms in total. The van der Waals surface area contributed by atoms with Crippen molar-refractivity contribution in [2.24, 2.45) is 0 Å². The van der Waals surface area contributed by atoms with Crippen molar-refractivity contribution >= 4 is 22.6 Å². The van der Waals surface area contributed by atoms with Crippen LogP contribution in [0.25, 0.3) is 11.0 Å². The summed E-state index contributed by atoms with van der Waals surface area (Å²) < 4.78 is 11.0. The number of ether oxygens (including phenoxy) is 1. The van der Waals surface area contributed by atoms with Crippen molar-refractivity contribution in [3.63, 3.8) is 0 Å². The van der Waals surface area contributed by atoms with Crippen LogP contribution in [0.2, 0.25) is 0 Å². The van der Waals surface area contributed by atoms with E-state index in [2.05, 4.69) is 19.2 Å². The maximum absolute atomic E-state index is 12.5. The fourth-order valence-electron chi connectivity index (χ4n) is 2.68. The summed E-state index contributed by atoms with van der Waals surface area (Å²) in [6, 6.07) is 13.4. The molecule has 3 rings (SSSR count). The molecule has 0 spiro atoms. The number of furan rings is 1. The molecule has 1 amide bonds. The summed E-state index contributed by atoms with van der Waals surface area (Å²) in [6.45, 7) is 6.15. The van der Waals surface area contributed by atoms with Crippen LogP contribution < -0.4 is 10.1 Å². The van der Waals surface area contributed by atoms with Gasteiger partial charge in [-0.25, -0.2) is 0 Å². The van der Waals surface area contributed by atoms with Crippen LogP contribution in [0.1, 0.15) is 41.4 Å². The number of anilines is 1. The predicted octanol–water partition coefficient (Wildman–Crippen LogP) is 5.13. The van der Waals surface area contributed by atoms with Gasteiger partial charge in [0.05, 0.1) is 7.11 Å². The third-order valence-electron chi connectivity index (χ3n) is 4.18. The van der Waals surface area contributed by atoms with Gasteiger partial charge in [0, 0.05) is 16.6 Å². The molecule has 3 aromatic rings. The first-order valence-corrected chi connectivity index (χ1v) is 7.98. The molecule has 0 radical (unpaired) electrons. The Bertz CT molecular complexity index is 876. The summed E-state index contributed by atoms with van der Waals surface area (Å²) in [5.41, 5.74) is 3.47. The second kappa shape index (κ2) is 6.40. The third-order valence-corrected chi connectivity index (χ3v) is 4.18. The molecule has 0 aliphatic rings. The Labute approximate surface area is 141 Å². The largest absolute Gasteiger partial charge is 0.497 e. The Morgan fingerprint density at radius 1 is 1.12 bits per heavy atom. The van der Waals surface area contributed by atoms with Gasteiger partial charge in [-0.2, -0.15) is 0 Å². The number of hydrogen-bond acceptors (Lipinski definition) is 3. The second-order valence-corrected chi connectivity index (χ2v) is 6.15. The number of amides is 1. The highest BCUT2D eigenvalue weighted by Gasteiger charge is 2.18. The predicted molar refractivity (Wildman–Crippen MR) is 96.0 cm³/mol. The van der Waals surface area contributed by atoms with Crippen molar-refractivity contribution in [1.82, 2.24) is 0 Å². The molecule has 0 saturated heterocycles. The number of aryl methyl sites for hydroxylation is 1. The topological polar surface area (TPSA) is 51.5 Å². The Balaban J connectivity index is 1.87. The Morgan fingerprint density at radius 3 is 2.46 bits per heavy atom. The highest BCUT2D eigenvalue weighted by molar-refractivity contribution is 6.06. The van der Waals surface area contributed by atoms with E-state index in [1.807, 2.05) is 49.4 Å². The molecule has 0 atom stereocenters. The zero-order valence-corrected chi connectivity index (χ0v) is 14.3. The van der Waals surface area contributed by atoms with Gasteiger partial charge in [0.25, 0.3) is 5.91 Å². The molecule has 0 saturated carbocycles. The van der Waals surface area contributed by atoms with E-state index >= 15 is 0 Å². The quantitative estimate of drug-likeness (QED) is 0.724. The number of nitrogens with one attached hydrogen (secondary N) is 1. The van der Waals surface area contributed by atoms with Gasteiger partial charge >= 0.3 is 0 Å². The zero-order valence-electron chi connectivity index (χ0n) is 14.3. The van der Waals surface area contributed by atoms with Crippen LogP contribution in [0.5, 0.6) is 5.75 Å². The fourth-order valence-corrected chi connectivity index (χ4v) is 2.68. The average Bonchev–Trinajstić information content (AvgIpc) is 2.91. The molecule has 1 N–H and O–H groups in total. The lowest BCUT2D eigenvalue weighted by atomic mass is 10.0. The molecule has 2 aromatic carbocycles. The van der Waals surface area contributed by atoms with Gasteiger partial charge in [0.1, 0.15) is 11.3 Å². The van der Waals surface area contributed by atoms with Crippen LogP contribution >= 0.6 is 0 Å². The van der Waals surface area contributed by atoms with E-state index in [1.165, 1.54) is 5.56 Å². The minimum absolute atomic E-state index is 0.250. The summed E-state index contributed by atoms with van der Waals surface area (Å²) in [5, 5.41) is 3.77. The second-order valence-electron chi connectivity index (χ2n) is 6.15. The molecule has 0 aliphatic carbocycles. The lowest BCUT2D eigenvalue weighted by Crippen LogP contribution is -2.12. The number of methoxy groups -OCH3 is 1. The normalized spacial score (nSPS) is 11.0. The van der Waals surface area contributed by atoms with Crippen LogP contribution in [0.15, 0.2) is 46.9 Å². The SMILES string of the molecule is COc1ccc2oc(C(=O)Nc3ccc(C(C)C)cc3)c(C)c2c1. The molecule has 0 bridgehead atoms. The number of carbonyl (C=O) groups excluding carboxylic acids is 1. The van der Waals surface area contributed by atoms with Gasteiger partial charge in [-0.15, -0.1) is 0 Å². The lowest BCUT2D eigenvalue weighted by Gasteiger charge is -2.07. The van der Waals surface area contributed by atoms with Crippen molar-refractivity contribution < 1.29 is 13.9 Å². The Hall–Kier alpha value is -2.75. The van der Waals surface area contributed by atoms with Gasteiger partial charge in [-0.3, -0.25) is 4.79 Å². The molecule has 124 valence electrons. The number of rotatable bonds is 4. The van der Waals surface area contributed by atoms with Crippen LogP contribution in [-0.2, 0) is 0 Å². The summed E-state index contributed by atoms with van der Waals surface area (Å²) in [6.07, 6.45) is 0. The van der Waals surface area contributed by atoms with E-state index < -0.39 is 0 Å². The monoisotopic (exact) mass is 323 g/mol. The van der Waals surface area contributed by atoms with Crippen LogP contribution in [0, 0.1) is 6.92 Å². The molecule has 0 unspecified atom stereocenters. The summed E-state index contributed by atoms with van der Waals surface area (Å²) in [4.78, 5) is 12.5. The van der Waals surface area contributed by atoms with Crippen molar-refractivity contribution in [3.8, 4) is 5.75 Å². The number of hydrogen-bond donors (Lipinski definition) is 1. The Kier molecular flexibility index (Phi) is 4.30. The van der Waals surface area contributed by atoms with Gasteiger partial charge in [-0.1, -0.05) is 26.0 Å². The van der Waals surface area contributed by atoms with Crippen molar-refractivity contribution in [2.45, 2.75) is 26.7 Å². The third kappa shape index (κ3) is 3.00. The first-order valence-electron chi connectivity index (χ1n) is 7.98. The maximum atomic E-state index is 12.5. The van der Waals surface area contributed by atoms with E-state index in [4.69, 9.17) is 9.15 Å². The first-order chi connectivity index (χ1) is 11.5. The maximum Gasteiger partial charge on any atom is 0.291 e. The van der Waals surface area contributed by atoms with Gasteiger partial charge in [0.15, 0.2) is 5.76 Å². The van der Waals surface area contributed by atoms with Crippen LogP contribution in [-0.4, -0.2) is 13.0 Å². The van der Waals surface area contributed by atoms with E-state index in [0.29, 0.717) is 17.3 Å². The minimum atomic E-state index is -0.250. The smallest absolute Gasteiger partial charge is 0.291 e. The molecule has 1 aromatic heterocycles. The van der Waals surface area contributed by atoms with Crippen molar-refractivity contribution in [1.29, 1.82) is 0 Å². The van der Waals surface area contributed by atoms with Crippen LogP contribution in [0.4, 0.5) is 5.69 Å². The van der Waals surface area contributed by atoms with E-state index in [0.717, 1.165) is 22.4 Å². The van der Waals surface area contributed by atoms with Crippen molar-refractivity contribution in [2.75, 3.05) is 12.4 Å². The summed E-state index contributed by atoms with van der Waals surface area (Å²) >= 11 is 0. The number of benzene rings is 2. The molecule has 0 aliphatic heterocycles. The molecule has 4 heteroatoms. The van der Waals surface area contributed by atoms with Crippen LogP contribution in [0.3, 0.4) is 0 Å². The van der Waals surface area contributed by atoms with E-state index in [1.54, 1.807) is 7.11 Å². The molecular weight excluding hydrogens is 302 g/mol. The van der Waals surface area contributed by atoms with Gasteiger partial charge in [-0.05, 0) is 48.7 Å². The lowest BCUT2D eigenvalue weighted by molar-refractivity contribution is 0.0998. The molecule has 1 heterocycles. The first kappa shape index (κ1) is 16.1.